The number of thioether (sulfide) groups is 1. The molecule has 8 heteroatoms. The maximum absolute atomic E-state index is 12.8. The Morgan fingerprint density at radius 1 is 1.07 bits per heavy atom. The molecule has 0 heterocycles. The Kier molecular flexibility index (Phi) is 8.18. The second-order valence-corrected chi connectivity index (χ2v) is 6.60. The Morgan fingerprint density at radius 3 is 2.50 bits per heavy atom. The molecule has 28 heavy (non-hydrogen) atoms. The zero-order valence-corrected chi connectivity index (χ0v) is 15.6. The molecule has 0 unspecified atom stereocenters. The minimum absolute atomic E-state index is 0.0975. The van der Waals surface area contributed by atoms with Crippen molar-refractivity contribution in [2.75, 3.05) is 17.7 Å². The predicted octanol–water partition coefficient (Wildman–Crippen LogP) is 3.59. The Hall–Kier alpha value is -3.18. The number of esters is 1. The summed E-state index contributed by atoms with van der Waals surface area (Å²) in [5, 5.41) is 11.3. The minimum Gasteiger partial charge on any atom is -0.456 e. The van der Waals surface area contributed by atoms with Crippen LogP contribution in [0.15, 0.2) is 53.4 Å². The highest BCUT2D eigenvalue weighted by molar-refractivity contribution is 7.99. The standard InChI is InChI=1S/C20H17FN2O4S/c21-15-7-5-14(6-8-15)17(24)9-10-20(26)27-13-19(25)23-16-3-1-2-4-18(16)28-12-11-22/h1-8H,9-10,12-13H2,(H,23,25). The Bertz CT molecular complexity index is 894. The molecule has 6 nitrogen and oxygen atoms in total. The van der Waals surface area contributed by atoms with Crippen LogP contribution in [0.25, 0.3) is 0 Å². The highest BCUT2D eigenvalue weighted by atomic mass is 32.2. The van der Waals surface area contributed by atoms with E-state index in [2.05, 4.69) is 5.32 Å². The molecule has 0 atom stereocenters. The zero-order chi connectivity index (χ0) is 20.4. The number of ether oxygens (including phenoxy) is 1. The fourth-order valence-electron chi connectivity index (χ4n) is 2.21. The van der Waals surface area contributed by atoms with E-state index in [4.69, 9.17) is 10.00 Å². The van der Waals surface area contributed by atoms with Gasteiger partial charge in [0.1, 0.15) is 5.82 Å². The fraction of sp³-hybridized carbons (Fsp3) is 0.200. The van der Waals surface area contributed by atoms with Crippen LogP contribution in [-0.4, -0.2) is 30.0 Å². The first-order chi connectivity index (χ1) is 13.5. The van der Waals surface area contributed by atoms with Gasteiger partial charge in [-0.1, -0.05) is 12.1 Å². The number of rotatable bonds is 9. The van der Waals surface area contributed by atoms with Gasteiger partial charge in [0.25, 0.3) is 5.91 Å². The highest BCUT2D eigenvalue weighted by Gasteiger charge is 2.13. The van der Waals surface area contributed by atoms with E-state index in [-0.39, 0.29) is 24.4 Å². The van der Waals surface area contributed by atoms with Gasteiger partial charge in [-0.3, -0.25) is 14.4 Å². The van der Waals surface area contributed by atoms with E-state index < -0.39 is 24.3 Å². The first-order valence-electron chi connectivity index (χ1n) is 8.32. The van der Waals surface area contributed by atoms with Crippen LogP contribution in [0.2, 0.25) is 0 Å². The van der Waals surface area contributed by atoms with Crippen LogP contribution in [0.1, 0.15) is 23.2 Å². The van der Waals surface area contributed by atoms with Crippen molar-refractivity contribution in [3.8, 4) is 6.07 Å². The minimum atomic E-state index is -0.683. The molecule has 0 bridgehead atoms. The summed E-state index contributed by atoms with van der Waals surface area (Å²) in [7, 11) is 0. The van der Waals surface area contributed by atoms with Crippen molar-refractivity contribution < 1.29 is 23.5 Å². The van der Waals surface area contributed by atoms with Crippen LogP contribution in [0.3, 0.4) is 0 Å². The summed E-state index contributed by atoms with van der Waals surface area (Å²) in [5.74, 6) is -1.73. The number of ketones is 1. The Balaban J connectivity index is 1.77. The quantitative estimate of drug-likeness (QED) is 0.393. The zero-order valence-electron chi connectivity index (χ0n) is 14.8. The summed E-state index contributed by atoms with van der Waals surface area (Å²) < 4.78 is 17.7. The first-order valence-corrected chi connectivity index (χ1v) is 9.31. The van der Waals surface area contributed by atoms with E-state index in [9.17, 15) is 18.8 Å². The number of Topliss-reactive ketones (excluding diaryl/α,β-unsaturated/α-hetero) is 1. The van der Waals surface area contributed by atoms with Gasteiger partial charge in [-0.25, -0.2) is 4.39 Å². The van der Waals surface area contributed by atoms with E-state index >= 15 is 0 Å². The largest absolute Gasteiger partial charge is 0.456 e. The summed E-state index contributed by atoms with van der Waals surface area (Å²) in [6, 6.07) is 14.0. The summed E-state index contributed by atoms with van der Waals surface area (Å²) in [5.41, 5.74) is 0.828. The lowest BCUT2D eigenvalue weighted by atomic mass is 10.1. The molecule has 0 aliphatic rings. The molecule has 0 fully saturated rings. The van der Waals surface area contributed by atoms with Gasteiger partial charge in [0, 0.05) is 16.9 Å². The monoisotopic (exact) mass is 400 g/mol. The predicted molar refractivity (Wildman–Crippen MR) is 102 cm³/mol. The molecule has 0 aromatic heterocycles. The van der Waals surface area contributed by atoms with Crippen LogP contribution >= 0.6 is 11.8 Å². The molecule has 0 spiro atoms. The number of hydrogen-bond donors (Lipinski definition) is 1. The van der Waals surface area contributed by atoms with Crippen LogP contribution in [0.5, 0.6) is 0 Å². The molecule has 0 saturated heterocycles. The van der Waals surface area contributed by atoms with Crippen molar-refractivity contribution >= 4 is 35.1 Å². The van der Waals surface area contributed by atoms with Gasteiger partial charge in [0.15, 0.2) is 12.4 Å². The molecule has 2 aromatic carbocycles. The molecule has 144 valence electrons. The van der Waals surface area contributed by atoms with Crippen LogP contribution in [-0.2, 0) is 14.3 Å². The average Bonchev–Trinajstić information content (AvgIpc) is 2.70. The van der Waals surface area contributed by atoms with Gasteiger partial charge in [0.2, 0.25) is 0 Å². The summed E-state index contributed by atoms with van der Waals surface area (Å²) in [6.45, 7) is -0.485. The van der Waals surface area contributed by atoms with Crippen molar-refractivity contribution in [3.05, 3.63) is 59.9 Å². The number of halogens is 1. The van der Waals surface area contributed by atoms with E-state index in [0.717, 1.165) is 4.90 Å². The van der Waals surface area contributed by atoms with Crippen molar-refractivity contribution in [3.63, 3.8) is 0 Å². The Morgan fingerprint density at radius 2 is 1.79 bits per heavy atom. The SMILES string of the molecule is N#CCSc1ccccc1NC(=O)COC(=O)CCC(=O)c1ccc(F)cc1. The third-order valence-corrected chi connectivity index (χ3v) is 4.48. The third-order valence-electron chi connectivity index (χ3n) is 3.54. The molecule has 1 N–H and O–H groups in total. The number of carbonyl (C=O) groups excluding carboxylic acids is 3. The number of anilines is 1. The summed E-state index contributed by atoms with van der Waals surface area (Å²) in [4.78, 5) is 36.4. The lowest BCUT2D eigenvalue weighted by Crippen LogP contribution is -2.21. The maximum atomic E-state index is 12.8. The van der Waals surface area contributed by atoms with Gasteiger partial charge < -0.3 is 10.1 Å². The lowest BCUT2D eigenvalue weighted by molar-refractivity contribution is -0.147. The highest BCUT2D eigenvalue weighted by Crippen LogP contribution is 2.26. The number of nitrogens with one attached hydrogen (secondary N) is 1. The van der Waals surface area contributed by atoms with E-state index in [1.807, 2.05) is 6.07 Å². The number of para-hydroxylation sites is 1. The second kappa shape index (κ2) is 10.8. The second-order valence-electron chi connectivity index (χ2n) is 5.58. The normalized spacial score (nSPS) is 10.0. The van der Waals surface area contributed by atoms with Crippen LogP contribution in [0.4, 0.5) is 10.1 Å². The number of nitrogens with zero attached hydrogens (tertiary/aromatic N) is 1. The van der Waals surface area contributed by atoms with E-state index in [0.29, 0.717) is 11.3 Å². The topological polar surface area (TPSA) is 96.3 Å². The van der Waals surface area contributed by atoms with E-state index in [1.54, 1.807) is 24.3 Å². The number of carbonyl (C=O) groups is 3. The third kappa shape index (κ3) is 6.85. The Labute approximate surface area is 165 Å². The summed E-state index contributed by atoms with van der Waals surface area (Å²) in [6.07, 6.45) is -0.280. The van der Waals surface area contributed by atoms with Crippen molar-refractivity contribution in [1.82, 2.24) is 0 Å². The maximum Gasteiger partial charge on any atom is 0.306 e. The van der Waals surface area contributed by atoms with Gasteiger partial charge >= 0.3 is 5.97 Å². The smallest absolute Gasteiger partial charge is 0.306 e. The first kappa shape index (κ1) is 21.1. The van der Waals surface area contributed by atoms with Gasteiger partial charge in [0.05, 0.1) is 23.9 Å². The van der Waals surface area contributed by atoms with Crippen molar-refractivity contribution in [2.45, 2.75) is 17.7 Å². The van der Waals surface area contributed by atoms with Crippen molar-refractivity contribution in [1.29, 1.82) is 5.26 Å². The molecule has 0 aliphatic heterocycles. The number of nitriles is 1. The molecule has 2 rings (SSSR count). The molecular weight excluding hydrogens is 383 g/mol. The van der Waals surface area contributed by atoms with Crippen LogP contribution in [0, 0.1) is 17.1 Å². The molecule has 1 amide bonds. The molecule has 0 saturated carbocycles. The molecular formula is C20H17FN2O4S. The van der Waals surface area contributed by atoms with Crippen LogP contribution < -0.4 is 5.32 Å². The van der Waals surface area contributed by atoms with Gasteiger partial charge in [-0.15, -0.1) is 11.8 Å². The van der Waals surface area contributed by atoms with E-state index in [1.165, 1.54) is 36.0 Å². The fourth-order valence-corrected chi connectivity index (χ4v) is 2.88. The number of amides is 1. The van der Waals surface area contributed by atoms with Crippen molar-refractivity contribution in [2.24, 2.45) is 0 Å². The number of benzene rings is 2. The summed E-state index contributed by atoms with van der Waals surface area (Å²) >= 11 is 1.28. The average molecular weight is 400 g/mol. The molecule has 0 radical (unpaired) electrons. The number of hydrogen-bond acceptors (Lipinski definition) is 6. The molecule has 0 aliphatic carbocycles. The lowest BCUT2D eigenvalue weighted by Gasteiger charge is -2.10. The van der Waals surface area contributed by atoms with Gasteiger partial charge in [-0.05, 0) is 36.4 Å². The van der Waals surface area contributed by atoms with Gasteiger partial charge in [-0.2, -0.15) is 5.26 Å². The molecule has 2 aromatic rings.